The van der Waals surface area contributed by atoms with Crippen molar-refractivity contribution in [3.8, 4) is 0 Å². The molecule has 0 amide bonds. The predicted molar refractivity (Wildman–Crippen MR) is 74.9 cm³/mol. The normalized spacial score (nSPS) is 24.1. The summed E-state index contributed by atoms with van der Waals surface area (Å²) < 4.78 is 10.00. The molecule has 1 aromatic rings. The van der Waals surface area contributed by atoms with Crippen molar-refractivity contribution < 1.29 is 4.74 Å². The minimum Gasteiger partial charge on any atom is -0.374 e. The van der Waals surface area contributed by atoms with E-state index in [1.165, 1.54) is 43.6 Å². The Kier molecular flexibility index (Phi) is 5.38. The van der Waals surface area contributed by atoms with Crippen molar-refractivity contribution in [2.75, 3.05) is 11.9 Å². The van der Waals surface area contributed by atoms with E-state index in [-0.39, 0.29) is 0 Å². The summed E-state index contributed by atoms with van der Waals surface area (Å²) in [6.07, 6.45) is 6.78. The maximum Gasteiger partial charge on any atom is 0.135 e. The fourth-order valence-corrected chi connectivity index (χ4v) is 3.19. The molecule has 2 rings (SSSR count). The minimum absolute atomic E-state index is 0.417. The molecule has 102 valence electrons. The molecule has 0 bridgehead atoms. The second kappa shape index (κ2) is 7.04. The molecule has 1 aliphatic carbocycles. The maximum atomic E-state index is 6.01. The van der Waals surface area contributed by atoms with Gasteiger partial charge in [-0.05, 0) is 25.7 Å². The third-order valence-corrected chi connectivity index (χ3v) is 4.39. The van der Waals surface area contributed by atoms with Gasteiger partial charge in [-0.1, -0.05) is 30.7 Å². The Hall–Kier alpha value is -0.680. The molecule has 0 saturated heterocycles. The van der Waals surface area contributed by atoms with E-state index >= 15 is 0 Å². The Bertz CT molecular complexity index is 356. The van der Waals surface area contributed by atoms with Gasteiger partial charge < -0.3 is 10.1 Å². The molecule has 1 heterocycles. The SMILES string of the molecule is CCNc1snnc1COC1CCCC(CC)C1. The molecule has 1 fully saturated rings. The van der Waals surface area contributed by atoms with Gasteiger partial charge in [0.15, 0.2) is 0 Å². The Balaban J connectivity index is 1.81. The third kappa shape index (κ3) is 3.65. The van der Waals surface area contributed by atoms with Crippen molar-refractivity contribution in [1.29, 1.82) is 0 Å². The van der Waals surface area contributed by atoms with Crippen LogP contribution in [-0.4, -0.2) is 22.2 Å². The molecule has 1 N–H and O–H groups in total. The van der Waals surface area contributed by atoms with Gasteiger partial charge in [0.2, 0.25) is 0 Å². The van der Waals surface area contributed by atoms with Gasteiger partial charge in [0.05, 0.1) is 12.7 Å². The molecule has 18 heavy (non-hydrogen) atoms. The molecule has 1 aromatic heterocycles. The number of nitrogens with one attached hydrogen (secondary N) is 1. The number of anilines is 1. The first-order chi connectivity index (χ1) is 8.83. The van der Waals surface area contributed by atoms with Gasteiger partial charge in [-0.15, -0.1) is 5.10 Å². The molecule has 2 unspecified atom stereocenters. The van der Waals surface area contributed by atoms with Gasteiger partial charge in [0, 0.05) is 18.1 Å². The highest BCUT2D eigenvalue weighted by Gasteiger charge is 2.21. The standard InChI is InChI=1S/C13H23N3OS/c1-3-10-6-5-7-11(8-10)17-9-12-13(14-4-2)18-16-15-12/h10-11,14H,3-9H2,1-2H3. The number of hydrogen-bond acceptors (Lipinski definition) is 5. The average molecular weight is 269 g/mol. The molecule has 0 aromatic carbocycles. The molecule has 0 aliphatic heterocycles. The van der Waals surface area contributed by atoms with Crippen molar-refractivity contribution in [3.63, 3.8) is 0 Å². The van der Waals surface area contributed by atoms with Crippen LogP contribution >= 0.6 is 11.5 Å². The van der Waals surface area contributed by atoms with Crippen molar-refractivity contribution in [2.45, 2.75) is 58.7 Å². The number of rotatable bonds is 6. The first-order valence-corrected chi connectivity index (χ1v) is 7.77. The van der Waals surface area contributed by atoms with E-state index in [0.717, 1.165) is 23.2 Å². The molecular formula is C13H23N3OS. The lowest BCUT2D eigenvalue weighted by Gasteiger charge is -2.28. The van der Waals surface area contributed by atoms with Gasteiger partial charge in [0.25, 0.3) is 0 Å². The van der Waals surface area contributed by atoms with E-state index in [1.807, 2.05) is 0 Å². The maximum absolute atomic E-state index is 6.01. The fourth-order valence-electron chi connectivity index (χ4n) is 2.56. The number of aromatic nitrogens is 2. The van der Waals surface area contributed by atoms with E-state index in [0.29, 0.717) is 12.7 Å². The van der Waals surface area contributed by atoms with Gasteiger partial charge in [0.1, 0.15) is 10.7 Å². The number of nitrogens with zero attached hydrogens (tertiary/aromatic N) is 2. The molecule has 0 radical (unpaired) electrons. The van der Waals surface area contributed by atoms with Crippen LogP contribution in [0.15, 0.2) is 0 Å². The van der Waals surface area contributed by atoms with E-state index in [2.05, 4.69) is 28.8 Å². The first kappa shape index (κ1) is 13.7. The molecule has 1 aliphatic rings. The lowest BCUT2D eigenvalue weighted by Crippen LogP contribution is -2.22. The Morgan fingerprint density at radius 2 is 2.28 bits per heavy atom. The lowest BCUT2D eigenvalue weighted by atomic mass is 9.85. The highest BCUT2D eigenvalue weighted by atomic mass is 32.1. The minimum atomic E-state index is 0.417. The first-order valence-electron chi connectivity index (χ1n) is 7.00. The molecular weight excluding hydrogens is 246 g/mol. The van der Waals surface area contributed by atoms with Crippen LogP contribution in [0.1, 0.15) is 51.6 Å². The van der Waals surface area contributed by atoms with Crippen molar-refractivity contribution in [1.82, 2.24) is 9.59 Å². The predicted octanol–water partition coefficient (Wildman–Crippen LogP) is 3.46. The Morgan fingerprint density at radius 1 is 1.39 bits per heavy atom. The largest absolute Gasteiger partial charge is 0.374 e. The monoisotopic (exact) mass is 269 g/mol. The smallest absolute Gasteiger partial charge is 0.135 e. The summed E-state index contributed by atoms with van der Waals surface area (Å²) >= 11 is 1.41. The zero-order valence-corrected chi connectivity index (χ0v) is 12.1. The fraction of sp³-hybridized carbons (Fsp3) is 0.846. The van der Waals surface area contributed by atoms with Gasteiger partial charge >= 0.3 is 0 Å². The van der Waals surface area contributed by atoms with Gasteiger partial charge in [-0.3, -0.25) is 0 Å². The molecule has 4 nitrogen and oxygen atoms in total. The summed E-state index contributed by atoms with van der Waals surface area (Å²) in [6, 6.07) is 0. The van der Waals surface area contributed by atoms with Crippen LogP contribution in [0.2, 0.25) is 0 Å². The van der Waals surface area contributed by atoms with Crippen LogP contribution in [-0.2, 0) is 11.3 Å². The van der Waals surface area contributed by atoms with Crippen molar-refractivity contribution in [3.05, 3.63) is 5.69 Å². The summed E-state index contributed by atoms with van der Waals surface area (Å²) in [4.78, 5) is 0. The highest BCUT2D eigenvalue weighted by molar-refractivity contribution is 7.10. The van der Waals surface area contributed by atoms with E-state index in [9.17, 15) is 0 Å². The van der Waals surface area contributed by atoms with Gasteiger partial charge in [-0.25, -0.2) is 0 Å². The highest BCUT2D eigenvalue weighted by Crippen LogP contribution is 2.29. The van der Waals surface area contributed by atoms with Crippen molar-refractivity contribution in [2.24, 2.45) is 5.92 Å². The lowest BCUT2D eigenvalue weighted by molar-refractivity contribution is 0.000570. The second-order valence-corrected chi connectivity index (χ2v) is 5.71. The van der Waals surface area contributed by atoms with Crippen LogP contribution in [0, 0.1) is 5.92 Å². The van der Waals surface area contributed by atoms with E-state index < -0.39 is 0 Å². The summed E-state index contributed by atoms with van der Waals surface area (Å²) in [5.41, 5.74) is 0.959. The topological polar surface area (TPSA) is 47.0 Å². The van der Waals surface area contributed by atoms with Crippen molar-refractivity contribution >= 4 is 16.5 Å². The Labute approximate surface area is 113 Å². The second-order valence-electron chi connectivity index (χ2n) is 4.95. The summed E-state index contributed by atoms with van der Waals surface area (Å²) in [6.45, 7) is 5.86. The molecule has 0 spiro atoms. The quantitative estimate of drug-likeness (QED) is 0.859. The van der Waals surface area contributed by atoms with Gasteiger partial charge in [-0.2, -0.15) is 0 Å². The van der Waals surface area contributed by atoms with Crippen LogP contribution in [0.3, 0.4) is 0 Å². The van der Waals surface area contributed by atoms with Crippen LogP contribution in [0.4, 0.5) is 5.00 Å². The number of hydrogen-bond donors (Lipinski definition) is 1. The van der Waals surface area contributed by atoms with Crippen LogP contribution in [0.25, 0.3) is 0 Å². The summed E-state index contributed by atoms with van der Waals surface area (Å²) in [5, 5.41) is 8.47. The van der Waals surface area contributed by atoms with E-state index in [1.54, 1.807) is 0 Å². The van der Waals surface area contributed by atoms with E-state index in [4.69, 9.17) is 4.74 Å². The summed E-state index contributed by atoms with van der Waals surface area (Å²) in [7, 11) is 0. The number of ether oxygens (including phenoxy) is 1. The summed E-state index contributed by atoms with van der Waals surface area (Å²) in [5.74, 6) is 0.852. The molecule has 5 heteroatoms. The zero-order valence-electron chi connectivity index (χ0n) is 11.3. The van der Waals surface area contributed by atoms with Crippen LogP contribution in [0.5, 0.6) is 0 Å². The third-order valence-electron chi connectivity index (χ3n) is 3.66. The molecule has 1 saturated carbocycles. The van der Waals surface area contributed by atoms with Crippen LogP contribution < -0.4 is 5.32 Å². The average Bonchev–Trinajstić information content (AvgIpc) is 2.85. The molecule has 2 atom stereocenters. The Morgan fingerprint density at radius 3 is 3.06 bits per heavy atom. The zero-order chi connectivity index (χ0) is 12.8.